The van der Waals surface area contributed by atoms with E-state index in [-0.39, 0.29) is 0 Å². The van der Waals surface area contributed by atoms with Gasteiger partial charge < -0.3 is 20.6 Å². The van der Waals surface area contributed by atoms with Crippen molar-refractivity contribution in [3.05, 3.63) is 35.2 Å². The van der Waals surface area contributed by atoms with Gasteiger partial charge in [-0.15, -0.1) is 11.3 Å². The molecule has 5 nitrogen and oxygen atoms in total. The molecule has 28 heavy (non-hydrogen) atoms. The van der Waals surface area contributed by atoms with Crippen molar-refractivity contribution >= 4 is 27.4 Å². The molecule has 1 aromatic carbocycles. The van der Waals surface area contributed by atoms with Crippen LogP contribution in [-0.2, 0) is 0 Å². The molecule has 3 rings (SSSR count). The lowest BCUT2D eigenvalue weighted by molar-refractivity contribution is 0.158. The third-order valence-corrected chi connectivity index (χ3v) is 6.78. The number of piperidine rings is 1. The maximum Gasteiger partial charge on any atom is 0.191 e. The third-order valence-electron chi connectivity index (χ3n) is 5.56. The van der Waals surface area contributed by atoms with E-state index in [1.165, 1.54) is 48.9 Å². The first-order valence-corrected chi connectivity index (χ1v) is 11.3. The molecule has 2 atom stereocenters. The van der Waals surface area contributed by atoms with Gasteiger partial charge in [0.25, 0.3) is 0 Å². The van der Waals surface area contributed by atoms with Crippen molar-refractivity contribution in [3.63, 3.8) is 0 Å². The molecule has 2 aromatic rings. The van der Waals surface area contributed by atoms with Gasteiger partial charge in [0.1, 0.15) is 6.10 Å². The zero-order valence-corrected chi connectivity index (χ0v) is 18.0. The number of rotatable bonds is 8. The number of nitrogens with one attached hydrogen (secondary N) is 2. The molecule has 3 N–H and O–H groups in total. The summed E-state index contributed by atoms with van der Waals surface area (Å²) in [4.78, 5) is 7.88. The first-order chi connectivity index (χ1) is 13.7. The molecule has 0 amide bonds. The van der Waals surface area contributed by atoms with Crippen LogP contribution in [-0.4, -0.2) is 55.2 Å². The fourth-order valence-electron chi connectivity index (χ4n) is 3.82. The number of aliphatic imine (C=N–C) groups is 1. The highest BCUT2D eigenvalue weighted by Crippen LogP contribution is 2.29. The minimum atomic E-state index is -0.531. The standard InChI is InChI=1S/C22H34N4OS/c1-17-9-5-7-13-26(17)14-8-6-12-24-22(23-2)25-16-19(27)21-15-18-10-3-4-11-20(18)28-21/h3-4,10-11,15,17,19,27H,5-9,12-14,16H2,1-2H3,(H2,23,24,25). The van der Waals surface area contributed by atoms with Crippen molar-refractivity contribution in [3.8, 4) is 0 Å². The highest BCUT2D eigenvalue weighted by molar-refractivity contribution is 7.19. The zero-order chi connectivity index (χ0) is 19.8. The number of likely N-dealkylation sites (tertiary alicyclic amines) is 1. The van der Waals surface area contributed by atoms with E-state index < -0.39 is 6.10 Å². The molecule has 1 saturated heterocycles. The highest BCUT2D eigenvalue weighted by Gasteiger charge is 2.17. The van der Waals surface area contributed by atoms with Gasteiger partial charge in [0.15, 0.2) is 5.96 Å². The molecule has 1 aliphatic heterocycles. The molecule has 0 spiro atoms. The van der Waals surface area contributed by atoms with Crippen LogP contribution in [0.1, 0.15) is 50.0 Å². The van der Waals surface area contributed by atoms with Crippen LogP contribution in [0, 0.1) is 0 Å². The number of hydrogen-bond acceptors (Lipinski definition) is 4. The summed E-state index contributed by atoms with van der Waals surface area (Å²) in [6, 6.07) is 11.1. The van der Waals surface area contributed by atoms with Crippen LogP contribution in [0.25, 0.3) is 10.1 Å². The smallest absolute Gasteiger partial charge is 0.191 e. The molecule has 6 heteroatoms. The minimum Gasteiger partial charge on any atom is -0.386 e. The average molecular weight is 403 g/mol. The Morgan fingerprint density at radius 2 is 2.14 bits per heavy atom. The molecule has 0 aliphatic carbocycles. The first-order valence-electron chi connectivity index (χ1n) is 10.5. The van der Waals surface area contributed by atoms with Crippen molar-refractivity contribution in [1.29, 1.82) is 0 Å². The van der Waals surface area contributed by atoms with Crippen molar-refractivity contribution in [2.75, 3.05) is 33.2 Å². The molecule has 0 saturated carbocycles. The summed E-state index contributed by atoms with van der Waals surface area (Å²) in [5.74, 6) is 0.756. The van der Waals surface area contributed by atoms with Gasteiger partial charge in [0, 0.05) is 35.8 Å². The van der Waals surface area contributed by atoms with Gasteiger partial charge in [-0.05, 0) is 63.2 Å². The molecule has 0 bridgehead atoms. The Hall–Kier alpha value is -1.63. The largest absolute Gasteiger partial charge is 0.386 e. The fraction of sp³-hybridized carbons (Fsp3) is 0.591. The van der Waals surface area contributed by atoms with E-state index in [0.717, 1.165) is 29.8 Å². The number of fused-ring (bicyclic) bond motifs is 1. The van der Waals surface area contributed by atoms with Gasteiger partial charge >= 0.3 is 0 Å². The van der Waals surface area contributed by atoms with E-state index >= 15 is 0 Å². The van der Waals surface area contributed by atoms with Crippen LogP contribution in [0.2, 0.25) is 0 Å². The molecule has 1 fully saturated rings. The Labute approximate surface area is 172 Å². The summed E-state index contributed by atoms with van der Waals surface area (Å²) in [6.07, 6.45) is 5.88. The maximum atomic E-state index is 10.5. The van der Waals surface area contributed by atoms with Crippen LogP contribution < -0.4 is 10.6 Å². The van der Waals surface area contributed by atoms with Crippen LogP contribution >= 0.6 is 11.3 Å². The number of guanidine groups is 1. The quantitative estimate of drug-likeness (QED) is 0.357. The second kappa shape index (κ2) is 10.8. The lowest BCUT2D eigenvalue weighted by Gasteiger charge is -2.33. The Morgan fingerprint density at radius 3 is 2.93 bits per heavy atom. The van der Waals surface area contributed by atoms with Crippen molar-refractivity contribution < 1.29 is 5.11 Å². The summed E-state index contributed by atoms with van der Waals surface area (Å²) >= 11 is 1.65. The van der Waals surface area contributed by atoms with Crippen LogP contribution in [0.5, 0.6) is 0 Å². The summed E-state index contributed by atoms with van der Waals surface area (Å²) in [7, 11) is 1.77. The van der Waals surface area contributed by atoms with Gasteiger partial charge in [-0.1, -0.05) is 24.6 Å². The summed E-state index contributed by atoms with van der Waals surface area (Å²) in [5, 5.41) is 18.3. The number of aliphatic hydroxyl groups is 1. The average Bonchev–Trinajstić information content (AvgIpc) is 3.15. The maximum absolute atomic E-state index is 10.5. The van der Waals surface area contributed by atoms with Gasteiger partial charge in [0.05, 0.1) is 0 Å². The number of nitrogens with zero attached hydrogens (tertiary/aromatic N) is 2. The van der Waals surface area contributed by atoms with Crippen LogP contribution in [0.15, 0.2) is 35.3 Å². The van der Waals surface area contributed by atoms with Crippen LogP contribution in [0.4, 0.5) is 0 Å². The third kappa shape index (κ3) is 5.93. The molecule has 154 valence electrons. The first kappa shape index (κ1) is 21.1. The van der Waals surface area contributed by atoms with Gasteiger partial charge in [-0.25, -0.2) is 0 Å². The number of aliphatic hydroxyl groups excluding tert-OH is 1. The van der Waals surface area contributed by atoms with E-state index in [0.29, 0.717) is 6.54 Å². The Balaban J connectivity index is 1.35. The van der Waals surface area contributed by atoms with Gasteiger partial charge in [-0.3, -0.25) is 4.99 Å². The molecule has 2 heterocycles. The summed E-state index contributed by atoms with van der Waals surface area (Å²) < 4.78 is 1.21. The second-order valence-corrected chi connectivity index (χ2v) is 8.79. The van der Waals surface area contributed by atoms with Crippen molar-refractivity contribution in [1.82, 2.24) is 15.5 Å². The van der Waals surface area contributed by atoms with E-state index in [9.17, 15) is 5.11 Å². The normalized spacial score (nSPS) is 19.7. The summed E-state index contributed by atoms with van der Waals surface area (Å²) in [5.41, 5.74) is 0. The highest BCUT2D eigenvalue weighted by atomic mass is 32.1. The predicted molar refractivity (Wildman–Crippen MR) is 120 cm³/mol. The van der Waals surface area contributed by atoms with Crippen LogP contribution in [0.3, 0.4) is 0 Å². The number of thiophene rings is 1. The minimum absolute atomic E-state index is 0.456. The molecular formula is C22H34N4OS. The topological polar surface area (TPSA) is 59.9 Å². The van der Waals surface area contributed by atoms with E-state index in [4.69, 9.17) is 0 Å². The molecule has 0 radical (unpaired) electrons. The number of unbranched alkanes of at least 4 members (excludes halogenated alkanes) is 1. The Bertz CT molecular complexity index is 727. The van der Waals surface area contributed by atoms with E-state index in [1.54, 1.807) is 18.4 Å². The lowest BCUT2D eigenvalue weighted by atomic mass is 10.0. The van der Waals surface area contributed by atoms with Crippen molar-refractivity contribution in [2.45, 2.75) is 51.2 Å². The monoisotopic (exact) mass is 402 g/mol. The fourth-order valence-corrected chi connectivity index (χ4v) is 4.87. The lowest BCUT2D eigenvalue weighted by Crippen LogP contribution is -2.40. The Kier molecular flexibility index (Phi) is 8.13. The molecule has 1 aliphatic rings. The zero-order valence-electron chi connectivity index (χ0n) is 17.2. The molecule has 1 aromatic heterocycles. The van der Waals surface area contributed by atoms with Crippen molar-refractivity contribution in [2.24, 2.45) is 4.99 Å². The predicted octanol–water partition coefficient (Wildman–Crippen LogP) is 3.75. The number of benzene rings is 1. The Morgan fingerprint density at radius 1 is 1.29 bits per heavy atom. The second-order valence-electron chi connectivity index (χ2n) is 7.67. The molecular weight excluding hydrogens is 368 g/mol. The number of hydrogen-bond donors (Lipinski definition) is 3. The molecule has 2 unspecified atom stereocenters. The SMILES string of the molecule is CN=C(NCCCCN1CCCCC1C)NCC(O)c1cc2ccccc2s1. The van der Waals surface area contributed by atoms with Gasteiger partial charge in [0.2, 0.25) is 0 Å². The summed E-state index contributed by atoms with van der Waals surface area (Å²) in [6.45, 7) is 6.16. The van der Waals surface area contributed by atoms with E-state index in [2.05, 4.69) is 45.6 Å². The van der Waals surface area contributed by atoms with Gasteiger partial charge in [-0.2, -0.15) is 0 Å². The van der Waals surface area contributed by atoms with E-state index in [1.807, 2.05) is 12.1 Å².